The van der Waals surface area contributed by atoms with E-state index < -0.39 is 0 Å². The number of rotatable bonds is 3. The summed E-state index contributed by atoms with van der Waals surface area (Å²) in [6.45, 7) is 5.53. The van der Waals surface area contributed by atoms with Crippen LogP contribution in [0.3, 0.4) is 0 Å². The van der Waals surface area contributed by atoms with Crippen LogP contribution in [0.2, 0.25) is 0 Å². The summed E-state index contributed by atoms with van der Waals surface area (Å²) in [5, 5.41) is 1.34. The summed E-state index contributed by atoms with van der Waals surface area (Å²) in [5.74, 6) is 1.17. The van der Waals surface area contributed by atoms with Crippen LogP contribution >= 0.6 is 11.3 Å². The SMILES string of the molecule is c1cc(C[NH+]2CCN(c3ncnc4sc5c(c34)CCC5)CC2)ccn1. The van der Waals surface area contributed by atoms with Crippen LogP contribution in [0.15, 0.2) is 30.9 Å². The van der Waals surface area contributed by atoms with Crippen molar-refractivity contribution in [1.29, 1.82) is 0 Å². The highest BCUT2D eigenvalue weighted by Crippen LogP contribution is 2.40. The molecule has 0 amide bonds. The molecule has 0 bridgehead atoms. The average molecular weight is 352 g/mol. The highest BCUT2D eigenvalue weighted by molar-refractivity contribution is 7.19. The van der Waals surface area contributed by atoms with E-state index in [1.807, 2.05) is 23.7 Å². The van der Waals surface area contributed by atoms with Gasteiger partial charge in [-0.15, -0.1) is 11.3 Å². The Hall–Kier alpha value is -2.05. The van der Waals surface area contributed by atoms with E-state index in [0.717, 1.165) is 32.7 Å². The number of aromatic nitrogens is 3. The second-order valence-corrected chi connectivity index (χ2v) is 8.09. The zero-order chi connectivity index (χ0) is 16.6. The quantitative estimate of drug-likeness (QED) is 0.776. The summed E-state index contributed by atoms with van der Waals surface area (Å²) in [6.07, 6.45) is 9.23. The average Bonchev–Trinajstić information content (AvgIpc) is 3.24. The second kappa shape index (κ2) is 6.35. The predicted octanol–water partition coefficient (Wildman–Crippen LogP) is 1.48. The highest BCUT2D eigenvalue weighted by atomic mass is 32.1. The topological polar surface area (TPSA) is 46.4 Å². The molecule has 5 rings (SSSR count). The first-order valence-corrected chi connectivity index (χ1v) is 9.93. The standard InChI is InChI=1S/C19H21N5S/c1-2-15-16(3-1)25-19-17(15)18(21-13-22-19)24-10-8-23(9-11-24)12-14-4-6-20-7-5-14/h4-7,13H,1-3,8-12H2/p+1. The lowest BCUT2D eigenvalue weighted by Gasteiger charge is -2.33. The van der Waals surface area contributed by atoms with Gasteiger partial charge in [-0.25, -0.2) is 9.97 Å². The van der Waals surface area contributed by atoms with Crippen LogP contribution in [-0.2, 0) is 19.4 Å². The van der Waals surface area contributed by atoms with Crippen molar-refractivity contribution in [3.63, 3.8) is 0 Å². The fraction of sp³-hybridized carbons (Fsp3) is 0.421. The number of aryl methyl sites for hydroxylation is 2. The third-order valence-corrected chi connectivity index (χ3v) is 6.65. The lowest BCUT2D eigenvalue weighted by Crippen LogP contribution is -3.13. The molecule has 0 aromatic carbocycles. The summed E-state index contributed by atoms with van der Waals surface area (Å²) < 4.78 is 0. The molecule has 0 atom stereocenters. The number of anilines is 1. The summed E-state index contributed by atoms with van der Waals surface area (Å²) in [7, 11) is 0. The molecule has 3 aromatic rings. The van der Waals surface area contributed by atoms with Gasteiger partial charge in [-0.2, -0.15) is 0 Å². The molecule has 2 aliphatic rings. The van der Waals surface area contributed by atoms with Gasteiger partial charge in [0, 0.05) is 22.8 Å². The van der Waals surface area contributed by atoms with Crippen LogP contribution in [-0.4, -0.2) is 41.1 Å². The van der Waals surface area contributed by atoms with Gasteiger partial charge >= 0.3 is 0 Å². The normalized spacial score (nSPS) is 18.0. The molecule has 0 radical (unpaired) electrons. The molecule has 1 N–H and O–H groups in total. The van der Waals surface area contributed by atoms with E-state index in [0.29, 0.717) is 0 Å². The first-order valence-electron chi connectivity index (χ1n) is 9.11. The van der Waals surface area contributed by atoms with Crippen LogP contribution in [0, 0.1) is 0 Å². The van der Waals surface area contributed by atoms with Crippen molar-refractivity contribution in [1.82, 2.24) is 15.0 Å². The molecule has 0 saturated carbocycles. The van der Waals surface area contributed by atoms with Crippen LogP contribution in [0.5, 0.6) is 0 Å². The van der Waals surface area contributed by atoms with E-state index in [-0.39, 0.29) is 0 Å². The Morgan fingerprint density at radius 3 is 2.76 bits per heavy atom. The lowest BCUT2D eigenvalue weighted by atomic mass is 10.1. The molecule has 1 aliphatic heterocycles. The molecule has 4 heterocycles. The summed E-state index contributed by atoms with van der Waals surface area (Å²) in [5.41, 5.74) is 2.90. The van der Waals surface area contributed by atoms with Crippen LogP contribution in [0.4, 0.5) is 5.82 Å². The molecular formula is C19H22N5S+. The highest BCUT2D eigenvalue weighted by Gasteiger charge is 2.26. The Balaban J connectivity index is 1.35. The first-order chi connectivity index (χ1) is 12.4. The zero-order valence-electron chi connectivity index (χ0n) is 14.2. The molecule has 1 fully saturated rings. The van der Waals surface area contributed by atoms with Crippen molar-refractivity contribution in [3.8, 4) is 0 Å². The van der Waals surface area contributed by atoms with Gasteiger partial charge in [-0.05, 0) is 37.0 Å². The van der Waals surface area contributed by atoms with Crippen molar-refractivity contribution in [2.45, 2.75) is 25.8 Å². The largest absolute Gasteiger partial charge is 0.345 e. The van der Waals surface area contributed by atoms with Crippen LogP contribution in [0.25, 0.3) is 10.2 Å². The Bertz CT molecular complexity index is 883. The number of nitrogens with zero attached hydrogens (tertiary/aromatic N) is 4. The van der Waals surface area contributed by atoms with Crippen molar-refractivity contribution in [3.05, 3.63) is 46.9 Å². The Morgan fingerprint density at radius 1 is 1.08 bits per heavy atom. The summed E-state index contributed by atoms with van der Waals surface area (Å²) in [6, 6.07) is 4.25. The molecule has 1 aliphatic carbocycles. The Morgan fingerprint density at radius 2 is 1.92 bits per heavy atom. The monoisotopic (exact) mass is 352 g/mol. The van der Waals surface area contributed by atoms with Gasteiger partial charge in [0.05, 0.1) is 31.6 Å². The number of hydrogen-bond acceptors (Lipinski definition) is 5. The lowest BCUT2D eigenvalue weighted by molar-refractivity contribution is -0.914. The minimum atomic E-state index is 1.07. The molecule has 0 spiro atoms. The maximum Gasteiger partial charge on any atom is 0.141 e. The molecule has 6 heteroatoms. The fourth-order valence-electron chi connectivity index (χ4n) is 4.15. The smallest absolute Gasteiger partial charge is 0.141 e. The Kier molecular flexibility index (Phi) is 3.87. The molecule has 1 saturated heterocycles. The van der Waals surface area contributed by atoms with E-state index in [1.165, 1.54) is 46.4 Å². The van der Waals surface area contributed by atoms with Crippen LogP contribution in [0.1, 0.15) is 22.4 Å². The number of piperazine rings is 1. The van der Waals surface area contributed by atoms with E-state index in [4.69, 9.17) is 4.98 Å². The van der Waals surface area contributed by atoms with Gasteiger partial charge in [0.25, 0.3) is 0 Å². The molecule has 25 heavy (non-hydrogen) atoms. The maximum absolute atomic E-state index is 4.69. The number of nitrogens with one attached hydrogen (secondary N) is 1. The second-order valence-electron chi connectivity index (χ2n) is 7.00. The molecule has 0 unspecified atom stereocenters. The third-order valence-electron chi connectivity index (χ3n) is 5.45. The minimum Gasteiger partial charge on any atom is -0.345 e. The van der Waals surface area contributed by atoms with Crippen molar-refractivity contribution in [2.75, 3.05) is 31.1 Å². The van der Waals surface area contributed by atoms with Gasteiger partial charge in [0.15, 0.2) is 0 Å². The van der Waals surface area contributed by atoms with E-state index in [9.17, 15) is 0 Å². The van der Waals surface area contributed by atoms with Crippen molar-refractivity contribution >= 4 is 27.4 Å². The predicted molar refractivity (Wildman–Crippen MR) is 100 cm³/mol. The zero-order valence-corrected chi connectivity index (χ0v) is 15.1. The Labute approximate surface area is 151 Å². The summed E-state index contributed by atoms with van der Waals surface area (Å²) >= 11 is 1.88. The maximum atomic E-state index is 4.69. The molecule has 3 aromatic heterocycles. The number of fused-ring (bicyclic) bond motifs is 3. The molecule has 5 nitrogen and oxygen atoms in total. The van der Waals surface area contributed by atoms with E-state index >= 15 is 0 Å². The van der Waals surface area contributed by atoms with Crippen LogP contribution < -0.4 is 9.80 Å². The van der Waals surface area contributed by atoms with Gasteiger partial charge in [0.1, 0.15) is 23.5 Å². The van der Waals surface area contributed by atoms with Crippen molar-refractivity contribution in [2.24, 2.45) is 0 Å². The number of hydrogen-bond donors (Lipinski definition) is 1. The van der Waals surface area contributed by atoms with E-state index in [1.54, 1.807) is 16.1 Å². The summed E-state index contributed by atoms with van der Waals surface area (Å²) in [4.78, 5) is 20.2. The van der Waals surface area contributed by atoms with Crippen molar-refractivity contribution < 1.29 is 4.90 Å². The molecule has 128 valence electrons. The molecular weight excluding hydrogens is 330 g/mol. The minimum absolute atomic E-state index is 1.07. The fourth-order valence-corrected chi connectivity index (χ4v) is 5.38. The van der Waals surface area contributed by atoms with Gasteiger partial charge < -0.3 is 9.80 Å². The first kappa shape index (κ1) is 15.2. The van der Waals surface area contributed by atoms with Gasteiger partial charge in [-0.1, -0.05) is 0 Å². The number of thiophene rings is 1. The number of pyridine rings is 1. The van der Waals surface area contributed by atoms with E-state index in [2.05, 4.69) is 27.0 Å². The van der Waals surface area contributed by atoms with Gasteiger partial charge in [0.2, 0.25) is 0 Å². The third kappa shape index (κ3) is 2.79. The number of quaternary nitrogens is 1. The van der Waals surface area contributed by atoms with Gasteiger partial charge in [-0.3, -0.25) is 4.98 Å².